The lowest BCUT2D eigenvalue weighted by atomic mass is 10.1. The normalized spacial score (nSPS) is 11.9. The third-order valence-corrected chi connectivity index (χ3v) is 3.55. The zero-order valence-electron chi connectivity index (χ0n) is 12.1. The van der Waals surface area contributed by atoms with E-state index in [-0.39, 0.29) is 11.9 Å². The molecule has 3 nitrogen and oxygen atoms in total. The van der Waals surface area contributed by atoms with E-state index in [9.17, 15) is 4.39 Å². The zero-order valence-corrected chi connectivity index (χ0v) is 12.9. The lowest BCUT2D eigenvalue weighted by Gasteiger charge is -2.18. The molecular weight excluding hydrogens is 293 g/mol. The van der Waals surface area contributed by atoms with Crippen molar-refractivity contribution < 1.29 is 13.9 Å². The van der Waals surface area contributed by atoms with Gasteiger partial charge in [-0.1, -0.05) is 23.7 Å². The van der Waals surface area contributed by atoms with E-state index < -0.39 is 0 Å². The van der Waals surface area contributed by atoms with Gasteiger partial charge in [-0.3, -0.25) is 0 Å². The molecule has 0 amide bonds. The number of para-hydroxylation sites is 1. The molecule has 21 heavy (non-hydrogen) atoms. The van der Waals surface area contributed by atoms with Crippen LogP contribution in [0.4, 0.5) is 10.1 Å². The Hall–Kier alpha value is -1.94. The first-order chi connectivity index (χ1) is 10.1. The first kappa shape index (κ1) is 15.4. The first-order valence-corrected chi connectivity index (χ1v) is 6.87. The fraction of sp³-hybridized carbons (Fsp3) is 0.250. The third-order valence-electron chi connectivity index (χ3n) is 3.23. The first-order valence-electron chi connectivity index (χ1n) is 6.49. The average Bonchev–Trinajstić information content (AvgIpc) is 2.50. The van der Waals surface area contributed by atoms with Crippen LogP contribution < -0.4 is 14.8 Å². The van der Waals surface area contributed by atoms with Crippen LogP contribution in [-0.4, -0.2) is 14.2 Å². The Morgan fingerprint density at radius 2 is 1.81 bits per heavy atom. The van der Waals surface area contributed by atoms with Gasteiger partial charge in [0.2, 0.25) is 0 Å². The summed E-state index contributed by atoms with van der Waals surface area (Å²) in [4.78, 5) is 0. The number of methoxy groups -OCH3 is 2. The predicted octanol–water partition coefficient (Wildman–Crippen LogP) is 4.67. The summed E-state index contributed by atoms with van der Waals surface area (Å²) in [5.74, 6) is 0.899. The number of hydrogen-bond acceptors (Lipinski definition) is 3. The van der Waals surface area contributed by atoms with Crippen LogP contribution in [-0.2, 0) is 0 Å². The number of ether oxygens (including phenoxy) is 2. The summed E-state index contributed by atoms with van der Waals surface area (Å²) in [5, 5.41) is 3.43. The van der Waals surface area contributed by atoms with Crippen LogP contribution in [0.2, 0.25) is 5.02 Å². The molecule has 0 spiro atoms. The molecule has 1 unspecified atom stereocenters. The Kier molecular flexibility index (Phi) is 4.91. The fourth-order valence-electron chi connectivity index (χ4n) is 2.06. The van der Waals surface area contributed by atoms with Gasteiger partial charge in [-0.15, -0.1) is 0 Å². The Morgan fingerprint density at radius 1 is 1.10 bits per heavy atom. The number of rotatable bonds is 5. The third kappa shape index (κ3) is 3.39. The number of hydrogen-bond donors (Lipinski definition) is 1. The van der Waals surface area contributed by atoms with Crippen molar-refractivity contribution in [1.82, 2.24) is 0 Å². The van der Waals surface area contributed by atoms with Crippen LogP contribution in [0.15, 0.2) is 36.4 Å². The summed E-state index contributed by atoms with van der Waals surface area (Å²) >= 11 is 6.02. The molecule has 0 saturated carbocycles. The van der Waals surface area contributed by atoms with E-state index in [4.69, 9.17) is 21.1 Å². The quantitative estimate of drug-likeness (QED) is 0.870. The predicted molar refractivity (Wildman–Crippen MR) is 83.0 cm³/mol. The second kappa shape index (κ2) is 6.68. The van der Waals surface area contributed by atoms with Gasteiger partial charge < -0.3 is 14.8 Å². The van der Waals surface area contributed by atoms with Crippen molar-refractivity contribution in [2.45, 2.75) is 13.0 Å². The van der Waals surface area contributed by atoms with Gasteiger partial charge in [0.1, 0.15) is 5.82 Å². The van der Waals surface area contributed by atoms with Gasteiger partial charge in [-0.25, -0.2) is 4.39 Å². The van der Waals surface area contributed by atoms with Crippen LogP contribution in [0.3, 0.4) is 0 Å². The molecule has 0 aliphatic rings. The average molecular weight is 310 g/mol. The van der Waals surface area contributed by atoms with Crippen molar-refractivity contribution in [3.05, 3.63) is 52.8 Å². The molecule has 0 fully saturated rings. The molecule has 0 bridgehead atoms. The van der Waals surface area contributed by atoms with Gasteiger partial charge >= 0.3 is 0 Å². The van der Waals surface area contributed by atoms with Gasteiger partial charge in [-0.05, 0) is 36.8 Å². The van der Waals surface area contributed by atoms with Crippen molar-refractivity contribution in [2.75, 3.05) is 19.5 Å². The number of anilines is 1. The van der Waals surface area contributed by atoms with Gasteiger partial charge in [0.25, 0.3) is 0 Å². The van der Waals surface area contributed by atoms with E-state index in [0.717, 1.165) is 5.56 Å². The highest BCUT2D eigenvalue weighted by molar-refractivity contribution is 6.33. The van der Waals surface area contributed by atoms with E-state index in [2.05, 4.69) is 5.32 Å². The molecule has 0 aliphatic carbocycles. The van der Waals surface area contributed by atoms with Crippen LogP contribution in [0.1, 0.15) is 18.5 Å². The molecule has 2 rings (SSSR count). The number of benzene rings is 2. The maximum absolute atomic E-state index is 13.8. The lowest BCUT2D eigenvalue weighted by Crippen LogP contribution is -2.09. The van der Waals surface area contributed by atoms with Crippen molar-refractivity contribution in [3.8, 4) is 11.5 Å². The van der Waals surface area contributed by atoms with Crippen molar-refractivity contribution in [1.29, 1.82) is 0 Å². The summed E-state index contributed by atoms with van der Waals surface area (Å²) in [5.41, 5.74) is 1.23. The second-order valence-electron chi connectivity index (χ2n) is 4.58. The van der Waals surface area contributed by atoms with E-state index in [1.165, 1.54) is 6.07 Å². The van der Waals surface area contributed by atoms with Crippen molar-refractivity contribution >= 4 is 17.3 Å². The van der Waals surface area contributed by atoms with Gasteiger partial charge in [-0.2, -0.15) is 0 Å². The zero-order chi connectivity index (χ0) is 15.4. The second-order valence-corrected chi connectivity index (χ2v) is 4.98. The molecule has 0 aromatic heterocycles. The maximum Gasteiger partial charge on any atom is 0.161 e. The molecule has 0 heterocycles. The van der Waals surface area contributed by atoms with Gasteiger partial charge in [0, 0.05) is 6.04 Å². The minimum absolute atomic E-state index is 0.140. The largest absolute Gasteiger partial charge is 0.493 e. The Bertz CT molecular complexity index is 613. The maximum atomic E-state index is 13.8. The standard InChI is InChI=1S/C16H17ClFNO2/c1-10(19-16-12(17)5-4-6-13(16)18)11-7-8-14(20-2)15(9-11)21-3/h4-10,19H,1-3H3. The van der Waals surface area contributed by atoms with E-state index >= 15 is 0 Å². The minimum atomic E-state index is -0.380. The smallest absolute Gasteiger partial charge is 0.161 e. The Balaban J connectivity index is 2.26. The summed E-state index contributed by atoms with van der Waals surface area (Å²) in [6.45, 7) is 1.92. The van der Waals surface area contributed by atoms with E-state index in [0.29, 0.717) is 22.2 Å². The molecule has 2 aromatic carbocycles. The monoisotopic (exact) mass is 309 g/mol. The van der Waals surface area contributed by atoms with Crippen LogP contribution in [0, 0.1) is 5.82 Å². The SMILES string of the molecule is COc1ccc(C(C)Nc2c(F)cccc2Cl)cc1OC. The lowest BCUT2D eigenvalue weighted by molar-refractivity contribution is 0.354. The van der Waals surface area contributed by atoms with Crippen molar-refractivity contribution in [2.24, 2.45) is 0 Å². The minimum Gasteiger partial charge on any atom is -0.493 e. The number of nitrogens with one attached hydrogen (secondary N) is 1. The fourth-order valence-corrected chi connectivity index (χ4v) is 2.28. The highest BCUT2D eigenvalue weighted by Gasteiger charge is 2.13. The van der Waals surface area contributed by atoms with E-state index in [1.807, 2.05) is 25.1 Å². The molecule has 2 aromatic rings. The van der Waals surface area contributed by atoms with Gasteiger partial charge in [0.05, 0.1) is 24.9 Å². The molecule has 5 heteroatoms. The van der Waals surface area contributed by atoms with Crippen LogP contribution in [0.25, 0.3) is 0 Å². The molecule has 0 aliphatic heterocycles. The van der Waals surface area contributed by atoms with Gasteiger partial charge in [0.15, 0.2) is 11.5 Å². The molecule has 0 saturated heterocycles. The highest BCUT2D eigenvalue weighted by Crippen LogP contribution is 2.33. The topological polar surface area (TPSA) is 30.5 Å². The van der Waals surface area contributed by atoms with E-state index in [1.54, 1.807) is 26.4 Å². The summed E-state index contributed by atoms with van der Waals surface area (Å²) < 4.78 is 24.3. The molecular formula is C16H17ClFNO2. The molecule has 1 N–H and O–H groups in total. The molecule has 0 radical (unpaired) electrons. The summed E-state index contributed by atoms with van der Waals surface area (Å²) in [6.07, 6.45) is 0. The summed E-state index contributed by atoms with van der Waals surface area (Å²) in [7, 11) is 3.16. The number of halogens is 2. The summed E-state index contributed by atoms with van der Waals surface area (Å²) in [6, 6.07) is 10.0. The van der Waals surface area contributed by atoms with Crippen molar-refractivity contribution in [3.63, 3.8) is 0 Å². The van der Waals surface area contributed by atoms with Crippen LogP contribution in [0.5, 0.6) is 11.5 Å². The molecule has 1 atom stereocenters. The Labute approximate surface area is 128 Å². The Morgan fingerprint density at radius 3 is 2.43 bits per heavy atom. The molecule has 112 valence electrons. The van der Waals surface area contributed by atoms with Crippen LogP contribution >= 0.6 is 11.6 Å². The highest BCUT2D eigenvalue weighted by atomic mass is 35.5.